The van der Waals surface area contributed by atoms with Crippen molar-refractivity contribution in [3.63, 3.8) is 0 Å². The maximum Gasteiger partial charge on any atom is 0.108 e. The van der Waals surface area contributed by atoms with Crippen molar-refractivity contribution >= 4 is 44.0 Å². The van der Waals surface area contributed by atoms with Crippen molar-refractivity contribution in [2.24, 2.45) is 7.05 Å². The van der Waals surface area contributed by atoms with E-state index in [1.165, 1.54) is 0 Å². The molecule has 1 heterocycles. The van der Waals surface area contributed by atoms with E-state index in [0.29, 0.717) is 10.0 Å². The molecule has 0 spiro atoms. The zero-order chi connectivity index (χ0) is 16.1. The fraction of sp³-hybridized carbons (Fsp3) is 0.188. The minimum absolute atomic E-state index is 0.573. The topological polar surface area (TPSA) is 34.9 Å². The number of hydrogen-bond acceptors (Lipinski definition) is 2. The summed E-state index contributed by atoms with van der Waals surface area (Å²) in [5.41, 5.74) is 2.57. The fourth-order valence-corrected chi connectivity index (χ4v) is 4.78. The molecular formula is C16H16Cl2N2OS. The summed E-state index contributed by atoms with van der Waals surface area (Å²) in [6.07, 6.45) is 3.51. The number of aryl methyl sites for hydroxylation is 1. The molecule has 22 heavy (non-hydrogen) atoms. The van der Waals surface area contributed by atoms with Crippen LogP contribution in [0.25, 0.3) is 22.0 Å². The summed E-state index contributed by atoms with van der Waals surface area (Å²) in [5, 5.41) is 7.41. The van der Waals surface area contributed by atoms with Gasteiger partial charge in [0.2, 0.25) is 0 Å². The number of hydrogen-bond donors (Lipinski definition) is 1. The predicted molar refractivity (Wildman–Crippen MR) is 95.8 cm³/mol. The molecular weight excluding hydrogens is 339 g/mol. The predicted octanol–water partition coefficient (Wildman–Crippen LogP) is 4.18. The smallest absolute Gasteiger partial charge is 0.108 e. The minimum atomic E-state index is -2.44. The van der Waals surface area contributed by atoms with Gasteiger partial charge in [-0.25, -0.2) is 0 Å². The number of halogens is 2. The summed E-state index contributed by atoms with van der Waals surface area (Å²) >= 11 is 12.3. The van der Waals surface area contributed by atoms with Crippen LogP contribution in [0.2, 0.25) is 10.0 Å². The molecule has 1 aromatic heterocycles. The Balaban J connectivity index is 2.35. The van der Waals surface area contributed by atoms with E-state index >= 15 is 0 Å². The van der Waals surface area contributed by atoms with E-state index in [4.69, 9.17) is 23.2 Å². The number of rotatable bonds is 2. The molecule has 3 aromatic rings. The van der Waals surface area contributed by atoms with Crippen molar-refractivity contribution in [3.8, 4) is 11.1 Å². The van der Waals surface area contributed by atoms with Crippen LogP contribution >= 0.6 is 23.2 Å². The highest BCUT2D eigenvalue weighted by atomic mass is 35.5. The van der Waals surface area contributed by atoms with Crippen molar-refractivity contribution in [2.45, 2.75) is 5.03 Å². The molecule has 0 N–H and O–H groups in total. The van der Waals surface area contributed by atoms with Crippen LogP contribution in [0.15, 0.2) is 41.4 Å². The van der Waals surface area contributed by atoms with Crippen molar-refractivity contribution in [3.05, 3.63) is 46.4 Å². The van der Waals surface area contributed by atoms with E-state index in [1.54, 1.807) is 29.3 Å². The van der Waals surface area contributed by atoms with Gasteiger partial charge in [0.15, 0.2) is 0 Å². The van der Waals surface area contributed by atoms with Crippen LogP contribution in [-0.4, -0.2) is 26.5 Å². The van der Waals surface area contributed by atoms with E-state index in [2.05, 4.69) is 5.10 Å². The first-order chi connectivity index (χ1) is 10.3. The molecule has 0 saturated carbocycles. The number of nitrogens with zero attached hydrogens (tertiary/aromatic N) is 2. The molecule has 0 aliphatic rings. The first-order valence-corrected chi connectivity index (χ1v) is 10.1. The Morgan fingerprint density at radius 1 is 1.09 bits per heavy atom. The van der Waals surface area contributed by atoms with E-state index in [1.807, 2.05) is 31.3 Å². The molecule has 0 fully saturated rings. The summed E-state index contributed by atoms with van der Waals surface area (Å²) in [6, 6.07) is 11.2. The molecule has 0 aliphatic carbocycles. The molecule has 0 bridgehead atoms. The SMILES string of the molecule is Cn1nc2c(-c3ccc(Cl)cc3Cl)cccc2c1[SH](C)(C)=O. The van der Waals surface area contributed by atoms with Gasteiger partial charge in [-0.05, 0) is 30.7 Å². The molecule has 0 radical (unpaired) electrons. The Morgan fingerprint density at radius 2 is 1.82 bits per heavy atom. The lowest BCUT2D eigenvalue weighted by atomic mass is 10.0. The van der Waals surface area contributed by atoms with Gasteiger partial charge in [0, 0.05) is 33.6 Å². The first kappa shape index (κ1) is 15.5. The summed E-state index contributed by atoms with van der Waals surface area (Å²) in [7, 11) is -0.617. The zero-order valence-electron chi connectivity index (χ0n) is 12.5. The Kier molecular flexibility index (Phi) is 3.79. The van der Waals surface area contributed by atoms with E-state index in [0.717, 1.165) is 27.1 Å². The van der Waals surface area contributed by atoms with Gasteiger partial charge in [-0.1, -0.05) is 51.3 Å². The summed E-state index contributed by atoms with van der Waals surface area (Å²) in [6.45, 7) is 0. The van der Waals surface area contributed by atoms with Gasteiger partial charge in [-0.2, -0.15) is 5.10 Å². The largest absolute Gasteiger partial charge is 0.279 e. The third-order valence-corrected chi connectivity index (χ3v) is 5.66. The quantitative estimate of drug-likeness (QED) is 0.700. The summed E-state index contributed by atoms with van der Waals surface area (Å²) < 4.78 is 14.3. The van der Waals surface area contributed by atoms with E-state index in [-0.39, 0.29) is 0 Å². The fourth-order valence-electron chi connectivity index (χ4n) is 2.77. The molecule has 0 atom stereocenters. The third-order valence-electron chi connectivity index (χ3n) is 3.56. The van der Waals surface area contributed by atoms with Gasteiger partial charge >= 0.3 is 0 Å². The van der Waals surface area contributed by atoms with Crippen molar-refractivity contribution in [1.82, 2.24) is 9.78 Å². The standard InChI is InChI=1S/C16H16Cl2N2OS/c1-20-16(22(2,3)21)13-6-4-5-12(15(13)19-20)11-8-7-10(17)9-14(11)18/h4-9,22H,1-3H3. The lowest BCUT2D eigenvalue weighted by Crippen LogP contribution is -2.12. The maximum atomic E-state index is 12.6. The average Bonchev–Trinajstić information content (AvgIpc) is 2.74. The molecule has 116 valence electrons. The monoisotopic (exact) mass is 354 g/mol. The molecule has 2 aromatic carbocycles. The lowest BCUT2D eigenvalue weighted by molar-refractivity contribution is 0.651. The Bertz CT molecular complexity index is 927. The van der Waals surface area contributed by atoms with Crippen LogP contribution in [0.5, 0.6) is 0 Å². The number of fused-ring (bicyclic) bond motifs is 1. The zero-order valence-corrected chi connectivity index (χ0v) is 14.9. The van der Waals surface area contributed by atoms with Gasteiger partial charge in [0.25, 0.3) is 0 Å². The minimum Gasteiger partial charge on any atom is -0.279 e. The second kappa shape index (κ2) is 5.37. The van der Waals surface area contributed by atoms with Crippen LogP contribution < -0.4 is 0 Å². The maximum absolute atomic E-state index is 12.6. The molecule has 0 unspecified atom stereocenters. The van der Waals surface area contributed by atoms with Crippen LogP contribution in [-0.2, 0) is 17.0 Å². The molecule has 3 nitrogen and oxygen atoms in total. The molecule has 0 aliphatic heterocycles. The summed E-state index contributed by atoms with van der Waals surface area (Å²) in [4.78, 5) is 0. The number of benzene rings is 2. The Morgan fingerprint density at radius 3 is 2.45 bits per heavy atom. The van der Waals surface area contributed by atoms with Gasteiger partial charge in [0.05, 0.1) is 0 Å². The highest BCUT2D eigenvalue weighted by Crippen LogP contribution is 2.36. The van der Waals surface area contributed by atoms with Crippen LogP contribution in [0.4, 0.5) is 0 Å². The molecule has 6 heteroatoms. The number of aromatic nitrogens is 2. The third kappa shape index (κ3) is 2.56. The van der Waals surface area contributed by atoms with Gasteiger partial charge < -0.3 is 0 Å². The number of thiol groups is 1. The Hall–Kier alpha value is -1.36. The van der Waals surface area contributed by atoms with Gasteiger partial charge in [-0.3, -0.25) is 8.89 Å². The van der Waals surface area contributed by atoms with Crippen LogP contribution in [0.1, 0.15) is 0 Å². The molecule has 3 rings (SSSR count). The Labute approximate surface area is 140 Å². The first-order valence-electron chi connectivity index (χ1n) is 6.76. The van der Waals surface area contributed by atoms with Gasteiger partial charge in [-0.15, -0.1) is 0 Å². The summed E-state index contributed by atoms with van der Waals surface area (Å²) in [5.74, 6) is 0. The lowest BCUT2D eigenvalue weighted by Gasteiger charge is -2.12. The van der Waals surface area contributed by atoms with Crippen LogP contribution in [0, 0.1) is 0 Å². The van der Waals surface area contributed by atoms with Crippen molar-refractivity contribution in [2.75, 3.05) is 12.5 Å². The second-order valence-electron chi connectivity index (χ2n) is 5.62. The highest BCUT2D eigenvalue weighted by molar-refractivity contribution is 8.01. The molecule has 0 saturated heterocycles. The highest BCUT2D eigenvalue weighted by Gasteiger charge is 2.19. The van der Waals surface area contributed by atoms with E-state index in [9.17, 15) is 4.21 Å². The second-order valence-corrected chi connectivity index (χ2v) is 9.59. The average molecular weight is 355 g/mol. The molecule has 0 amide bonds. The van der Waals surface area contributed by atoms with Crippen molar-refractivity contribution < 1.29 is 4.21 Å². The van der Waals surface area contributed by atoms with E-state index < -0.39 is 9.93 Å². The normalized spacial score (nSPS) is 12.8. The van der Waals surface area contributed by atoms with Crippen LogP contribution in [0.3, 0.4) is 0 Å². The van der Waals surface area contributed by atoms with Gasteiger partial charge in [0.1, 0.15) is 10.5 Å². The van der Waals surface area contributed by atoms with Crippen molar-refractivity contribution in [1.29, 1.82) is 0 Å².